The van der Waals surface area contributed by atoms with Gasteiger partial charge in [-0.2, -0.15) is 0 Å². The van der Waals surface area contributed by atoms with Crippen molar-refractivity contribution in [3.05, 3.63) is 98.5 Å². The number of rotatable bonds is 7. The van der Waals surface area contributed by atoms with Crippen molar-refractivity contribution >= 4 is 22.5 Å². The van der Waals surface area contributed by atoms with E-state index in [-0.39, 0.29) is 6.54 Å². The molecule has 2 aromatic heterocycles. The zero-order valence-corrected chi connectivity index (χ0v) is 16.2. The summed E-state index contributed by atoms with van der Waals surface area (Å²) >= 11 is 6.19. The first-order valence-electron chi connectivity index (χ1n) is 8.94. The quantitative estimate of drug-likeness (QED) is 0.471. The molecular weight excluding hydrogens is 394 g/mol. The number of ether oxygens (including phenoxy) is 1. The van der Waals surface area contributed by atoms with Crippen LogP contribution in [0.15, 0.2) is 75.4 Å². The molecule has 0 radical (unpaired) electrons. The van der Waals surface area contributed by atoms with Crippen molar-refractivity contribution < 1.29 is 9.26 Å². The van der Waals surface area contributed by atoms with Crippen molar-refractivity contribution in [3.8, 4) is 5.75 Å². The van der Waals surface area contributed by atoms with Crippen LogP contribution in [-0.2, 0) is 19.7 Å². The Morgan fingerprint density at radius 1 is 1.17 bits per heavy atom. The lowest BCUT2D eigenvalue weighted by Crippen LogP contribution is -2.17. The highest BCUT2D eigenvalue weighted by molar-refractivity contribution is 6.31. The van der Waals surface area contributed by atoms with Crippen LogP contribution in [0.2, 0.25) is 5.02 Å². The minimum atomic E-state index is -0.784. The van der Waals surface area contributed by atoms with Crippen LogP contribution in [0.5, 0.6) is 5.75 Å². The average molecular weight is 412 g/mol. The number of H-pyrrole nitrogens is 1. The predicted molar refractivity (Wildman–Crippen MR) is 111 cm³/mol. The average Bonchev–Trinajstić information content (AvgIpc) is 3.20. The van der Waals surface area contributed by atoms with Gasteiger partial charge in [0, 0.05) is 39.8 Å². The third-order valence-corrected chi connectivity index (χ3v) is 4.92. The predicted octanol–water partition coefficient (Wildman–Crippen LogP) is 3.55. The van der Waals surface area contributed by atoms with Gasteiger partial charge in [0.1, 0.15) is 12.4 Å². The second-order valence-corrected chi connectivity index (χ2v) is 6.91. The first-order chi connectivity index (χ1) is 14.0. The molecule has 1 N–H and O–H groups in total. The lowest BCUT2D eigenvalue weighted by molar-refractivity contribution is 0.258. The van der Waals surface area contributed by atoms with Crippen LogP contribution in [0.25, 0.3) is 10.9 Å². The summed E-state index contributed by atoms with van der Waals surface area (Å²) in [5.41, 5.74) is 2.07. The lowest BCUT2D eigenvalue weighted by Gasteiger charge is -2.09. The maximum atomic E-state index is 11.8. The maximum absolute atomic E-state index is 11.8. The van der Waals surface area contributed by atoms with Gasteiger partial charge in [-0.15, -0.1) is 11.3 Å². The van der Waals surface area contributed by atoms with E-state index in [0.717, 1.165) is 26.8 Å². The van der Waals surface area contributed by atoms with E-state index in [0.29, 0.717) is 23.9 Å². The summed E-state index contributed by atoms with van der Waals surface area (Å²) in [5, 5.41) is 1.53. The van der Waals surface area contributed by atoms with Gasteiger partial charge >= 0.3 is 11.4 Å². The van der Waals surface area contributed by atoms with Crippen molar-refractivity contribution in [1.29, 1.82) is 0 Å². The summed E-state index contributed by atoms with van der Waals surface area (Å²) in [6, 6.07) is 13.2. The molecule has 8 heteroatoms. The normalized spacial score (nSPS) is 11.1. The Kier molecular flexibility index (Phi) is 5.14. The van der Waals surface area contributed by atoms with Gasteiger partial charge in [-0.25, -0.2) is 14.6 Å². The van der Waals surface area contributed by atoms with Gasteiger partial charge in [0.15, 0.2) is 0 Å². The van der Waals surface area contributed by atoms with Gasteiger partial charge in [0.2, 0.25) is 0 Å². The number of hydrogen-bond donors (Lipinski definition) is 1. The molecule has 0 saturated heterocycles. The van der Waals surface area contributed by atoms with E-state index in [2.05, 4.69) is 11.6 Å². The molecule has 0 saturated carbocycles. The molecule has 4 aromatic rings. The first kappa shape index (κ1) is 18.9. The molecule has 0 spiro atoms. The van der Waals surface area contributed by atoms with Gasteiger partial charge in [-0.05, 0) is 24.3 Å². The maximum Gasteiger partial charge on any atom is 0.440 e. The number of nitrogens with zero attached hydrogens (tertiary/aromatic N) is 2. The van der Waals surface area contributed by atoms with Gasteiger partial charge in [-0.1, -0.05) is 35.9 Å². The van der Waals surface area contributed by atoms with Crippen molar-refractivity contribution in [2.75, 3.05) is 0 Å². The number of allylic oxidation sites excluding steroid dienone is 1. The zero-order chi connectivity index (χ0) is 20.4. The van der Waals surface area contributed by atoms with Crippen LogP contribution in [-0.4, -0.2) is 14.3 Å². The molecule has 29 heavy (non-hydrogen) atoms. The summed E-state index contributed by atoms with van der Waals surface area (Å²) in [5.74, 6) is -0.119. The highest BCUT2D eigenvalue weighted by Crippen LogP contribution is 2.28. The van der Waals surface area contributed by atoms with E-state index in [9.17, 15) is 9.59 Å². The fourth-order valence-corrected chi connectivity index (χ4v) is 3.40. The molecule has 2 aromatic carbocycles. The summed E-state index contributed by atoms with van der Waals surface area (Å²) in [6.45, 7) is 4.83. The zero-order valence-electron chi connectivity index (χ0n) is 15.4. The Labute approximate surface area is 170 Å². The largest absolute Gasteiger partial charge is 0.489 e. The second-order valence-electron chi connectivity index (χ2n) is 6.50. The fourth-order valence-electron chi connectivity index (χ4n) is 3.21. The highest BCUT2D eigenvalue weighted by atomic mass is 35.5. The summed E-state index contributed by atoms with van der Waals surface area (Å²) in [7, 11) is 0. The summed E-state index contributed by atoms with van der Waals surface area (Å²) in [6.07, 6.45) is 3.69. The van der Waals surface area contributed by atoms with E-state index in [1.807, 2.05) is 53.2 Å². The Balaban J connectivity index is 1.69. The van der Waals surface area contributed by atoms with Gasteiger partial charge in [-0.3, -0.25) is 0 Å². The molecule has 7 nitrogen and oxygen atoms in total. The van der Waals surface area contributed by atoms with Crippen LogP contribution >= 0.6 is 11.6 Å². The van der Waals surface area contributed by atoms with Crippen molar-refractivity contribution in [1.82, 2.24) is 14.3 Å². The number of aromatic amines is 1. The molecule has 0 aliphatic carbocycles. The number of benzene rings is 2. The minimum absolute atomic E-state index is 0.117. The monoisotopic (exact) mass is 411 g/mol. The van der Waals surface area contributed by atoms with Crippen molar-refractivity contribution in [2.24, 2.45) is 0 Å². The van der Waals surface area contributed by atoms with Crippen LogP contribution in [0, 0.1) is 0 Å². The molecule has 0 bridgehead atoms. The van der Waals surface area contributed by atoms with Crippen LogP contribution < -0.4 is 16.2 Å². The van der Waals surface area contributed by atoms with Crippen molar-refractivity contribution in [3.63, 3.8) is 0 Å². The second kappa shape index (κ2) is 7.89. The number of nitrogens with one attached hydrogen (secondary N) is 1. The number of fused-ring (bicyclic) bond motifs is 1. The highest BCUT2D eigenvalue weighted by Gasteiger charge is 2.13. The lowest BCUT2D eigenvalue weighted by atomic mass is 10.1. The Hall–Kier alpha value is -3.45. The molecule has 4 rings (SSSR count). The van der Waals surface area contributed by atoms with E-state index in [1.54, 1.807) is 6.08 Å². The smallest absolute Gasteiger partial charge is 0.440 e. The minimum Gasteiger partial charge on any atom is -0.489 e. The van der Waals surface area contributed by atoms with Gasteiger partial charge < -0.3 is 13.8 Å². The third kappa shape index (κ3) is 3.90. The third-order valence-electron chi connectivity index (χ3n) is 4.56. The molecular formula is C21H18ClN3O4. The van der Waals surface area contributed by atoms with E-state index < -0.39 is 11.4 Å². The van der Waals surface area contributed by atoms with E-state index in [4.69, 9.17) is 20.9 Å². The molecule has 148 valence electrons. The van der Waals surface area contributed by atoms with Gasteiger partial charge in [0.05, 0.1) is 6.54 Å². The number of halogens is 1. The summed E-state index contributed by atoms with van der Waals surface area (Å²) < 4.78 is 13.8. The number of hydrogen-bond acceptors (Lipinski definition) is 4. The van der Waals surface area contributed by atoms with Crippen LogP contribution in [0.3, 0.4) is 0 Å². The number of aromatic nitrogens is 3. The SMILES string of the molecule is C=CCn1cc(Cn2oc(=O)[nH]c2=O)c2cc(OCc3ccccc3Cl)ccc21. The van der Waals surface area contributed by atoms with E-state index >= 15 is 0 Å². The Morgan fingerprint density at radius 3 is 2.72 bits per heavy atom. The first-order valence-corrected chi connectivity index (χ1v) is 9.32. The molecule has 0 atom stereocenters. The standard InChI is InChI=1S/C21H18ClN3O4/c1-2-9-24-11-15(12-25-20(26)23-21(27)29-25)17-10-16(7-8-19(17)24)28-13-14-5-3-4-6-18(14)22/h2-8,10-11H,1,9,12-13H2,(H,23,26,27). The molecule has 0 amide bonds. The Morgan fingerprint density at radius 2 is 2.00 bits per heavy atom. The molecule has 0 unspecified atom stereocenters. The molecule has 0 aliphatic rings. The van der Waals surface area contributed by atoms with Crippen molar-refractivity contribution in [2.45, 2.75) is 19.7 Å². The van der Waals surface area contributed by atoms with Crippen LogP contribution in [0.4, 0.5) is 0 Å². The van der Waals surface area contributed by atoms with E-state index in [1.165, 1.54) is 0 Å². The fraction of sp³-hybridized carbons (Fsp3) is 0.143. The molecule has 0 aliphatic heterocycles. The van der Waals surface area contributed by atoms with Crippen LogP contribution in [0.1, 0.15) is 11.1 Å². The topological polar surface area (TPSA) is 82.2 Å². The summed E-state index contributed by atoms with van der Waals surface area (Å²) in [4.78, 5) is 25.2. The van der Waals surface area contributed by atoms with Gasteiger partial charge in [0.25, 0.3) is 0 Å². The Bertz CT molecular complexity index is 1300. The molecule has 0 fully saturated rings. The molecule has 2 heterocycles.